The molecule has 1 fully saturated rings. The quantitative estimate of drug-likeness (QED) is 0.637. The lowest BCUT2D eigenvalue weighted by Crippen LogP contribution is -2.31. The largest absolute Gasteiger partial charge is 0.494 e. The number of nitrogens with zero attached hydrogens (tertiary/aromatic N) is 1. The molecule has 0 spiro atoms. The highest BCUT2D eigenvalue weighted by Gasteiger charge is 2.22. The number of esters is 1. The van der Waals surface area contributed by atoms with Crippen LogP contribution in [0.3, 0.4) is 0 Å². The van der Waals surface area contributed by atoms with Crippen LogP contribution in [0.2, 0.25) is 0 Å². The van der Waals surface area contributed by atoms with E-state index in [1.54, 1.807) is 24.3 Å². The molecular formula is C14H19NO4. The van der Waals surface area contributed by atoms with E-state index in [1.165, 1.54) is 0 Å². The van der Waals surface area contributed by atoms with Crippen molar-refractivity contribution in [2.75, 3.05) is 26.2 Å². The highest BCUT2D eigenvalue weighted by atomic mass is 16.5. The first-order valence-electron chi connectivity index (χ1n) is 6.51. The molecule has 1 atom stereocenters. The Morgan fingerprint density at radius 1 is 1.37 bits per heavy atom. The normalized spacial score (nSPS) is 19.4. The summed E-state index contributed by atoms with van der Waals surface area (Å²) in [6.07, 6.45) is 0.398. The molecular weight excluding hydrogens is 246 g/mol. The van der Waals surface area contributed by atoms with Gasteiger partial charge in [0.15, 0.2) is 0 Å². The van der Waals surface area contributed by atoms with Crippen LogP contribution in [0.25, 0.3) is 0 Å². The van der Waals surface area contributed by atoms with Crippen molar-refractivity contribution < 1.29 is 19.4 Å². The summed E-state index contributed by atoms with van der Waals surface area (Å²) in [5.41, 5.74) is 0. The van der Waals surface area contributed by atoms with Crippen molar-refractivity contribution in [1.29, 1.82) is 0 Å². The maximum atomic E-state index is 11.7. The molecule has 0 radical (unpaired) electrons. The maximum Gasteiger partial charge on any atom is 0.325 e. The molecule has 1 aromatic carbocycles. The lowest BCUT2D eigenvalue weighted by atomic mass is 10.3. The van der Waals surface area contributed by atoms with Gasteiger partial charge in [-0.1, -0.05) is 0 Å². The minimum atomic E-state index is -0.321. The van der Waals surface area contributed by atoms with Crippen molar-refractivity contribution in [1.82, 2.24) is 4.90 Å². The highest BCUT2D eigenvalue weighted by Crippen LogP contribution is 2.18. The van der Waals surface area contributed by atoms with Gasteiger partial charge in [0, 0.05) is 13.1 Å². The standard InChI is InChI=1S/C14H19NO4/c1-2-18-12-3-5-13(6-4-12)19-14(17)10-15-8-7-11(16)9-15/h3-6,11,16H,2,7-10H2,1H3/t11-/m1/s1. The molecule has 0 amide bonds. The van der Waals surface area contributed by atoms with Crippen LogP contribution in [-0.4, -0.2) is 48.3 Å². The van der Waals surface area contributed by atoms with Crippen LogP contribution in [0.4, 0.5) is 0 Å². The number of benzene rings is 1. The summed E-state index contributed by atoms with van der Waals surface area (Å²) in [7, 11) is 0. The summed E-state index contributed by atoms with van der Waals surface area (Å²) >= 11 is 0. The van der Waals surface area contributed by atoms with Crippen LogP contribution in [0, 0.1) is 0 Å². The van der Waals surface area contributed by atoms with Gasteiger partial charge in [0.1, 0.15) is 11.5 Å². The number of aliphatic hydroxyl groups is 1. The van der Waals surface area contributed by atoms with E-state index >= 15 is 0 Å². The molecule has 19 heavy (non-hydrogen) atoms. The Morgan fingerprint density at radius 2 is 2.05 bits per heavy atom. The average molecular weight is 265 g/mol. The van der Waals surface area contributed by atoms with E-state index in [2.05, 4.69) is 0 Å². The number of carbonyl (C=O) groups excluding carboxylic acids is 1. The lowest BCUT2D eigenvalue weighted by Gasteiger charge is -2.13. The Labute approximate surface area is 112 Å². The van der Waals surface area contributed by atoms with Crippen molar-refractivity contribution in [3.05, 3.63) is 24.3 Å². The maximum absolute atomic E-state index is 11.7. The number of rotatable bonds is 5. The smallest absolute Gasteiger partial charge is 0.325 e. The van der Waals surface area contributed by atoms with Crippen molar-refractivity contribution in [3.8, 4) is 11.5 Å². The third-order valence-corrected chi connectivity index (χ3v) is 2.97. The van der Waals surface area contributed by atoms with E-state index in [9.17, 15) is 9.90 Å². The molecule has 0 aliphatic carbocycles. The fourth-order valence-corrected chi connectivity index (χ4v) is 2.07. The predicted octanol–water partition coefficient (Wildman–Crippen LogP) is 1.06. The van der Waals surface area contributed by atoms with Crippen LogP contribution in [0.1, 0.15) is 13.3 Å². The van der Waals surface area contributed by atoms with Crippen LogP contribution >= 0.6 is 0 Å². The zero-order valence-corrected chi connectivity index (χ0v) is 11.0. The lowest BCUT2D eigenvalue weighted by molar-refractivity contribution is -0.135. The van der Waals surface area contributed by atoms with E-state index in [1.807, 2.05) is 11.8 Å². The number of likely N-dealkylation sites (tertiary alicyclic amines) is 1. The van der Waals surface area contributed by atoms with Gasteiger partial charge in [-0.2, -0.15) is 0 Å². The fraction of sp³-hybridized carbons (Fsp3) is 0.500. The highest BCUT2D eigenvalue weighted by molar-refractivity contribution is 5.74. The Kier molecular flexibility index (Phi) is 4.76. The topological polar surface area (TPSA) is 59.0 Å². The van der Waals surface area contributed by atoms with Gasteiger partial charge in [-0.15, -0.1) is 0 Å². The van der Waals surface area contributed by atoms with Crippen LogP contribution in [-0.2, 0) is 4.79 Å². The summed E-state index contributed by atoms with van der Waals surface area (Å²) in [6, 6.07) is 6.96. The number of ether oxygens (including phenoxy) is 2. The summed E-state index contributed by atoms with van der Waals surface area (Å²) in [5, 5.41) is 9.38. The first-order chi connectivity index (χ1) is 9.17. The van der Waals surface area contributed by atoms with E-state index in [4.69, 9.17) is 9.47 Å². The number of β-amino-alcohol motifs (C(OH)–C–C–N with tert-alkyl or cyclic N) is 1. The summed E-state index contributed by atoms with van der Waals surface area (Å²) in [6.45, 7) is 4.01. The van der Waals surface area contributed by atoms with Crippen LogP contribution in [0.5, 0.6) is 11.5 Å². The monoisotopic (exact) mass is 265 g/mol. The third-order valence-electron chi connectivity index (χ3n) is 2.97. The molecule has 1 aliphatic rings. The van der Waals surface area contributed by atoms with Gasteiger partial charge >= 0.3 is 5.97 Å². The second-order valence-corrected chi connectivity index (χ2v) is 4.56. The molecule has 0 saturated carbocycles. The Balaban J connectivity index is 1.81. The van der Waals surface area contributed by atoms with E-state index < -0.39 is 0 Å². The Hall–Kier alpha value is -1.59. The van der Waals surface area contributed by atoms with E-state index in [0.29, 0.717) is 18.9 Å². The second-order valence-electron chi connectivity index (χ2n) is 4.56. The number of hydrogen-bond donors (Lipinski definition) is 1. The summed E-state index contributed by atoms with van der Waals surface area (Å²) in [4.78, 5) is 13.6. The molecule has 1 aliphatic heterocycles. The molecule has 1 heterocycles. The predicted molar refractivity (Wildman–Crippen MR) is 70.3 cm³/mol. The zero-order chi connectivity index (χ0) is 13.7. The van der Waals surface area contributed by atoms with Gasteiger partial charge in [-0.3, -0.25) is 9.69 Å². The fourth-order valence-electron chi connectivity index (χ4n) is 2.07. The molecule has 0 unspecified atom stereocenters. The minimum absolute atomic E-state index is 0.213. The molecule has 0 bridgehead atoms. The first kappa shape index (κ1) is 13.8. The van der Waals surface area contributed by atoms with Gasteiger partial charge < -0.3 is 14.6 Å². The summed E-state index contributed by atoms with van der Waals surface area (Å²) in [5.74, 6) is 0.955. The van der Waals surface area contributed by atoms with Crippen LogP contribution in [0.15, 0.2) is 24.3 Å². The average Bonchev–Trinajstić information content (AvgIpc) is 2.77. The van der Waals surface area contributed by atoms with E-state index in [0.717, 1.165) is 18.7 Å². The number of carbonyl (C=O) groups is 1. The molecule has 2 rings (SSSR count). The van der Waals surface area contributed by atoms with Crippen molar-refractivity contribution >= 4 is 5.97 Å². The zero-order valence-electron chi connectivity index (χ0n) is 11.0. The van der Waals surface area contributed by atoms with Gasteiger partial charge in [0.05, 0.1) is 19.3 Å². The van der Waals surface area contributed by atoms with Gasteiger partial charge in [0.25, 0.3) is 0 Å². The molecule has 0 aromatic heterocycles. The SMILES string of the molecule is CCOc1ccc(OC(=O)CN2CC[C@@H](O)C2)cc1. The Morgan fingerprint density at radius 3 is 2.63 bits per heavy atom. The molecule has 1 saturated heterocycles. The summed E-state index contributed by atoms with van der Waals surface area (Å²) < 4.78 is 10.5. The van der Waals surface area contributed by atoms with Crippen LogP contribution < -0.4 is 9.47 Å². The minimum Gasteiger partial charge on any atom is -0.494 e. The molecule has 5 heteroatoms. The third kappa shape index (κ3) is 4.22. The number of hydrogen-bond acceptors (Lipinski definition) is 5. The molecule has 1 aromatic rings. The number of aliphatic hydroxyl groups excluding tert-OH is 1. The van der Waals surface area contributed by atoms with Crippen molar-refractivity contribution in [2.45, 2.75) is 19.4 Å². The van der Waals surface area contributed by atoms with Crippen molar-refractivity contribution in [2.24, 2.45) is 0 Å². The molecule has 5 nitrogen and oxygen atoms in total. The van der Waals surface area contributed by atoms with Gasteiger partial charge in [-0.05, 0) is 37.6 Å². The van der Waals surface area contributed by atoms with Gasteiger partial charge in [-0.25, -0.2) is 0 Å². The van der Waals surface area contributed by atoms with Crippen molar-refractivity contribution in [3.63, 3.8) is 0 Å². The molecule has 1 N–H and O–H groups in total. The molecule has 104 valence electrons. The van der Waals surface area contributed by atoms with E-state index in [-0.39, 0.29) is 18.6 Å². The first-order valence-corrected chi connectivity index (χ1v) is 6.51. The van der Waals surface area contributed by atoms with Gasteiger partial charge in [0.2, 0.25) is 0 Å². The second kappa shape index (κ2) is 6.54. The Bertz CT molecular complexity index is 418.